The molecular formula is C26H19N5O3S. The number of aromatic nitrogens is 2. The molecule has 3 aromatic carbocycles. The monoisotopic (exact) mass is 481 g/mol. The van der Waals surface area contributed by atoms with Crippen LogP contribution in [0.2, 0.25) is 0 Å². The molecular weight excluding hydrogens is 462 g/mol. The summed E-state index contributed by atoms with van der Waals surface area (Å²) in [6.45, 7) is 0. The average molecular weight is 482 g/mol. The van der Waals surface area contributed by atoms with Gasteiger partial charge in [0, 0.05) is 0 Å². The van der Waals surface area contributed by atoms with Crippen molar-refractivity contribution in [2.24, 2.45) is 5.10 Å². The number of hydrazone groups is 1. The average Bonchev–Trinajstić information content (AvgIpc) is 3.15. The van der Waals surface area contributed by atoms with Gasteiger partial charge in [-0.15, -0.1) is 0 Å². The lowest BCUT2D eigenvalue weighted by molar-refractivity contribution is -0.122. The Labute approximate surface area is 205 Å². The molecule has 1 fully saturated rings. The van der Waals surface area contributed by atoms with E-state index in [9.17, 15) is 9.59 Å². The van der Waals surface area contributed by atoms with Crippen LogP contribution >= 0.6 is 12.2 Å². The van der Waals surface area contributed by atoms with Crippen molar-refractivity contribution < 1.29 is 9.53 Å². The van der Waals surface area contributed by atoms with Crippen molar-refractivity contribution >= 4 is 46.4 Å². The van der Waals surface area contributed by atoms with Crippen LogP contribution in [0.4, 0.5) is 0 Å². The van der Waals surface area contributed by atoms with Gasteiger partial charge in [0.15, 0.2) is 5.82 Å². The molecule has 9 heteroatoms. The lowest BCUT2D eigenvalue weighted by Crippen LogP contribution is -2.27. The summed E-state index contributed by atoms with van der Waals surface area (Å²) >= 11 is 5.33. The topological polar surface area (TPSA) is 88.8 Å². The van der Waals surface area contributed by atoms with E-state index in [2.05, 4.69) is 15.4 Å². The van der Waals surface area contributed by atoms with E-state index in [1.807, 2.05) is 36.4 Å². The first kappa shape index (κ1) is 22.2. The molecule has 1 N–H and O–H groups in total. The number of ether oxygens (including phenoxy) is 1. The number of amides is 1. The number of nitrogens with one attached hydrogen (secondary N) is 1. The van der Waals surface area contributed by atoms with E-state index < -0.39 is 5.91 Å². The maximum atomic E-state index is 13.3. The Balaban J connectivity index is 1.52. The molecule has 0 bridgehead atoms. The van der Waals surface area contributed by atoms with Gasteiger partial charge in [-0.25, -0.2) is 4.98 Å². The van der Waals surface area contributed by atoms with Crippen LogP contribution in [-0.4, -0.2) is 38.9 Å². The summed E-state index contributed by atoms with van der Waals surface area (Å²) in [5, 5.41) is 8.85. The number of carbonyl (C=O) groups excluding carboxylic acids is 1. The van der Waals surface area contributed by atoms with Crippen LogP contribution in [0, 0.1) is 0 Å². The molecule has 1 saturated heterocycles. The lowest BCUT2D eigenvalue weighted by atomic mass is 10.2. The Morgan fingerprint density at radius 1 is 0.971 bits per heavy atom. The summed E-state index contributed by atoms with van der Waals surface area (Å²) in [5.41, 5.74) is 2.00. The van der Waals surface area contributed by atoms with Gasteiger partial charge in [0.05, 0.1) is 29.9 Å². The van der Waals surface area contributed by atoms with Gasteiger partial charge in [0.1, 0.15) is 11.4 Å². The largest absolute Gasteiger partial charge is 0.497 e. The Bertz CT molecular complexity index is 1560. The fourth-order valence-corrected chi connectivity index (χ4v) is 3.91. The highest BCUT2D eigenvalue weighted by molar-refractivity contribution is 7.80. The number of methoxy groups -OCH3 is 1. The molecule has 0 spiro atoms. The minimum Gasteiger partial charge on any atom is -0.497 e. The smallest absolute Gasteiger partial charge is 0.297 e. The molecule has 0 atom stereocenters. The minimum atomic E-state index is -0.420. The standard InChI is InChI=1S/C26H19N5O3S/c1-34-19-13-11-17(12-14-19)15-22-25(33)31(26(35)29-22)27-16-23-28-21-10-6-5-9-20(21)24(32)30(23)18-7-3-2-4-8-18/h2-16H,1H3,(H,29,35). The van der Waals surface area contributed by atoms with Crippen LogP contribution in [0.5, 0.6) is 5.75 Å². The summed E-state index contributed by atoms with van der Waals surface area (Å²) in [5.74, 6) is 0.562. The second kappa shape index (κ2) is 9.32. The number of hydrogen-bond acceptors (Lipinski definition) is 6. The van der Waals surface area contributed by atoms with Crippen LogP contribution in [0.1, 0.15) is 11.4 Å². The molecule has 0 radical (unpaired) electrons. The van der Waals surface area contributed by atoms with Crippen molar-refractivity contribution in [3.63, 3.8) is 0 Å². The summed E-state index contributed by atoms with van der Waals surface area (Å²) in [6.07, 6.45) is 3.04. The van der Waals surface area contributed by atoms with Crippen molar-refractivity contribution in [3.05, 3.63) is 106 Å². The molecule has 1 aliphatic heterocycles. The van der Waals surface area contributed by atoms with E-state index in [4.69, 9.17) is 17.0 Å². The third-order valence-electron chi connectivity index (χ3n) is 5.39. The number of hydrogen-bond donors (Lipinski definition) is 1. The van der Waals surface area contributed by atoms with Crippen LogP contribution in [-0.2, 0) is 4.79 Å². The van der Waals surface area contributed by atoms with Crippen molar-refractivity contribution in [1.82, 2.24) is 19.9 Å². The number of rotatable bonds is 5. The van der Waals surface area contributed by atoms with Gasteiger partial charge in [0.2, 0.25) is 5.11 Å². The van der Waals surface area contributed by atoms with Crippen LogP contribution in [0.25, 0.3) is 22.7 Å². The Morgan fingerprint density at radius 3 is 2.43 bits per heavy atom. The third-order valence-corrected chi connectivity index (χ3v) is 5.66. The fourth-order valence-electron chi connectivity index (χ4n) is 3.67. The third kappa shape index (κ3) is 4.32. The minimum absolute atomic E-state index is 0.125. The van der Waals surface area contributed by atoms with Crippen LogP contribution < -0.4 is 15.6 Å². The van der Waals surface area contributed by atoms with E-state index in [1.54, 1.807) is 55.7 Å². The molecule has 0 saturated carbocycles. The molecule has 0 unspecified atom stereocenters. The predicted octanol–water partition coefficient (Wildman–Crippen LogP) is 3.49. The number of para-hydroxylation sites is 2. The highest BCUT2D eigenvalue weighted by atomic mass is 32.1. The van der Waals surface area contributed by atoms with Gasteiger partial charge in [-0.2, -0.15) is 10.1 Å². The van der Waals surface area contributed by atoms with Crippen molar-refractivity contribution in [3.8, 4) is 11.4 Å². The molecule has 172 valence electrons. The molecule has 1 aromatic heterocycles. The van der Waals surface area contributed by atoms with Gasteiger partial charge >= 0.3 is 0 Å². The Kier molecular flexibility index (Phi) is 5.90. The highest BCUT2D eigenvalue weighted by Gasteiger charge is 2.30. The number of fused-ring (bicyclic) bond motifs is 1. The molecule has 5 rings (SSSR count). The second-order valence-electron chi connectivity index (χ2n) is 7.59. The van der Waals surface area contributed by atoms with Crippen LogP contribution in [0.15, 0.2) is 94.5 Å². The van der Waals surface area contributed by atoms with Crippen molar-refractivity contribution in [2.75, 3.05) is 7.11 Å². The van der Waals surface area contributed by atoms with Crippen LogP contribution in [0.3, 0.4) is 0 Å². The van der Waals surface area contributed by atoms with Gasteiger partial charge in [-0.1, -0.05) is 42.5 Å². The van der Waals surface area contributed by atoms with Crippen molar-refractivity contribution in [1.29, 1.82) is 0 Å². The zero-order valence-corrected chi connectivity index (χ0v) is 19.4. The molecule has 8 nitrogen and oxygen atoms in total. The number of benzene rings is 3. The van der Waals surface area contributed by atoms with E-state index >= 15 is 0 Å². The maximum Gasteiger partial charge on any atom is 0.297 e. The fraction of sp³-hybridized carbons (Fsp3) is 0.0385. The van der Waals surface area contributed by atoms with Crippen molar-refractivity contribution in [2.45, 2.75) is 0 Å². The number of thiocarbonyl (C=S) groups is 1. The zero-order chi connectivity index (χ0) is 24.4. The molecule has 1 amide bonds. The molecule has 1 aliphatic rings. The molecule has 35 heavy (non-hydrogen) atoms. The zero-order valence-electron chi connectivity index (χ0n) is 18.6. The molecule has 4 aromatic rings. The van der Waals surface area contributed by atoms with E-state index in [0.717, 1.165) is 10.6 Å². The highest BCUT2D eigenvalue weighted by Crippen LogP contribution is 2.18. The quantitative estimate of drug-likeness (QED) is 0.267. The SMILES string of the molecule is COc1ccc(C=C2NC(=S)N(N=Cc3nc4ccccc4c(=O)n3-c3ccccc3)C2=O)cc1. The summed E-state index contributed by atoms with van der Waals surface area (Å²) < 4.78 is 6.62. The lowest BCUT2D eigenvalue weighted by Gasteiger charge is -2.12. The maximum absolute atomic E-state index is 13.3. The van der Waals surface area contributed by atoms with E-state index in [0.29, 0.717) is 22.3 Å². The first-order chi connectivity index (χ1) is 17.0. The molecule has 2 heterocycles. The van der Waals surface area contributed by atoms with E-state index in [-0.39, 0.29) is 22.2 Å². The van der Waals surface area contributed by atoms with Gasteiger partial charge in [-0.05, 0) is 60.3 Å². The molecule has 0 aliphatic carbocycles. The first-order valence-electron chi connectivity index (χ1n) is 10.7. The predicted molar refractivity (Wildman–Crippen MR) is 138 cm³/mol. The summed E-state index contributed by atoms with van der Waals surface area (Å²) in [7, 11) is 1.59. The number of nitrogens with zero attached hydrogens (tertiary/aromatic N) is 4. The normalized spacial score (nSPS) is 14.8. The summed E-state index contributed by atoms with van der Waals surface area (Å²) in [4.78, 5) is 30.9. The van der Waals surface area contributed by atoms with E-state index in [1.165, 1.54) is 10.8 Å². The first-order valence-corrected chi connectivity index (χ1v) is 11.1. The second-order valence-corrected chi connectivity index (χ2v) is 7.97. The Morgan fingerprint density at radius 2 is 1.69 bits per heavy atom. The summed E-state index contributed by atoms with van der Waals surface area (Å²) in [6, 6.07) is 23.5. The van der Waals surface area contributed by atoms with Gasteiger partial charge < -0.3 is 10.1 Å². The van der Waals surface area contributed by atoms with Gasteiger partial charge in [-0.3, -0.25) is 14.2 Å². The number of carbonyl (C=O) groups is 1. The van der Waals surface area contributed by atoms with Gasteiger partial charge in [0.25, 0.3) is 11.5 Å². The Hall–Kier alpha value is -4.63.